The van der Waals surface area contributed by atoms with Crippen molar-refractivity contribution in [3.63, 3.8) is 0 Å². The molecular formula is C101H125F2N33O14. The Bertz CT molecular complexity index is 6240. The highest BCUT2D eigenvalue weighted by Crippen LogP contribution is 2.58. The predicted molar refractivity (Wildman–Crippen MR) is 537 cm³/mol. The molecule has 47 nitrogen and oxygen atoms in total. The van der Waals surface area contributed by atoms with Crippen LogP contribution >= 0.6 is 0 Å². The van der Waals surface area contributed by atoms with Crippen LogP contribution in [-0.2, 0) is 11.3 Å². The standard InChI is InChI=1S/C27H38N8O5.2C25H29FN8O3.C24H29N9O3/c1-4-29-26(37)22-12-24(33-27(32-22)40-18(2)16-38-3)34-7-5-19(6-8-34)17-39-23-11-20(13-30-25(23)28)21-14-31-35(15-21)9-10-36;2*26-18-10-34(2-1-15(18)11-36-20-9-29-13-30-22(20)28)21-4-19(23(35)33-25-5-14(6-25)7-25)31-24(32-21)37-12-17-3-16(17)8-27;25-10-15-9-16(15)12-36-24-31-21(22(35)28-11-13-1-2-13)30-23(32-24)33-7-5-14(6-8-33)18-4-3-17(26)19(29-18)20(27)34/h11-15,18-19,36H,4-10,16-17H2,1-3H3,(H2,28,30)(H,29,37);2*4,9,13-18H,1-3,5-7,10-12H2,(H,33,35)(H2,28,29,30);3-4,13-16H,1-2,5-9,11-12,26H2,(H2,27,34)(H,28,35)/t18-;2*14?,15-,16+,17-,18+,25?;15-,16+/m1110/s1. The first-order chi connectivity index (χ1) is 72.6. The molecule has 4 aliphatic heterocycles. The summed E-state index contributed by atoms with van der Waals surface area (Å²) in [6.07, 6.45) is 23.2. The average Bonchev–Trinajstić information content (AvgIpc) is 1.39. The van der Waals surface area contributed by atoms with E-state index in [4.69, 9.17) is 87.5 Å². The number of nitriles is 3. The number of ether oxygens (including phenoxy) is 8. The highest BCUT2D eigenvalue weighted by atomic mass is 19.1. The molecule has 9 aromatic rings. The van der Waals surface area contributed by atoms with Crippen LogP contribution < -0.4 is 103 Å². The first-order valence-electron chi connectivity index (χ1n) is 51.2. The summed E-state index contributed by atoms with van der Waals surface area (Å²) in [7, 11) is 1.60. The van der Waals surface area contributed by atoms with Crippen LogP contribution in [0.25, 0.3) is 11.1 Å². The lowest BCUT2D eigenvalue weighted by Gasteiger charge is -2.61. The largest absolute Gasteiger partial charge is 0.489 e. The summed E-state index contributed by atoms with van der Waals surface area (Å²) in [6.45, 7) is 11.4. The number of nitrogens with two attached hydrogens (primary N) is 5. The number of nitrogens with zero attached hydrogens (tertiary/aromatic N) is 24. The van der Waals surface area contributed by atoms with Gasteiger partial charge in [-0.25, -0.2) is 38.7 Å². The summed E-state index contributed by atoms with van der Waals surface area (Å²) in [5.41, 5.74) is 32.2. The second kappa shape index (κ2) is 46.9. The molecule has 11 atom stereocenters. The van der Waals surface area contributed by atoms with Crippen LogP contribution in [-0.4, -0.2) is 274 Å². The van der Waals surface area contributed by atoms with E-state index in [1.165, 1.54) is 25.0 Å². The molecule has 14 aliphatic rings. The number of hydrogen-bond acceptors (Lipinski definition) is 41. The minimum absolute atomic E-state index is 0.00340. The molecule has 150 heavy (non-hydrogen) atoms. The van der Waals surface area contributed by atoms with E-state index in [1.54, 1.807) is 48.5 Å². The van der Waals surface area contributed by atoms with Gasteiger partial charge in [0.05, 0.1) is 133 Å². The van der Waals surface area contributed by atoms with Crippen LogP contribution in [0.4, 0.5) is 55.3 Å². The number of pyridine rings is 2. The molecule has 14 fully saturated rings. The van der Waals surface area contributed by atoms with Crippen LogP contribution in [0.15, 0.2) is 80.0 Å². The highest BCUT2D eigenvalue weighted by molar-refractivity contribution is 5.97. The maximum atomic E-state index is 15.2. The van der Waals surface area contributed by atoms with E-state index in [-0.39, 0.29) is 197 Å². The van der Waals surface area contributed by atoms with E-state index >= 15 is 8.78 Å². The van der Waals surface area contributed by atoms with Crippen LogP contribution in [0.5, 0.6) is 41.3 Å². The smallest absolute Gasteiger partial charge is 0.321 e. The number of carbonyl (C=O) groups excluding carboxylic acids is 5. The summed E-state index contributed by atoms with van der Waals surface area (Å²) in [4.78, 5) is 135. The number of carbonyl (C=O) groups is 5. The van der Waals surface area contributed by atoms with Crippen molar-refractivity contribution >= 4 is 76.1 Å². The summed E-state index contributed by atoms with van der Waals surface area (Å²) >= 11 is 0. The van der Waals surface area contributed by atoms with Crippen molar-refractivity contribution in [1.82, 2.24) is 106 Å². The number of aliphatic hydroxyl groups is 1. The first kappa shape index (κ1) is 104. The van der Waals surface area contributed by atoms with Crippen molar-refractivity contribution in [2.75, 3.05) is 168 Å². The van der Waals surface area contributed by atoms with Gasteiger partial charge >= 0.3 is 24.0 Å². The normalized spacial score (nSPS) is 24.5. The zero-order chi connectivity index (χ0) is 105. The van der Waals surface area contributed by atoms with E-state index in [0.29, 0.717) is 150 Å². The molecule has 13 heterocycles. The van der Waals surface area contributed by atoms with Crippen molar-refractivity contribution in [3.8, 4) is 70.6 Å². The molecule has 0 aromatic carbocycles. The van der Waals surface area contributed by atoms with Crippen LogP contribution in [0.2, 0.25) is 0 Å². The third kappa shape index (κ3) is 26.4. The molecule has 49 heteroatoms. The maximum absolute atomic E-state index is 15.2. The molecule has 0 spiro atoms. The Morgan fingerprint density at radius 1 is 0.513 bits per heavy atom. The molecule has 0 unspecified atom stereocenters. The molecule has 4 bridgehead atoms. The van der Waals surface area contributed by atoms with E-state index in [0.717, 1.165) is 138 Å². The molecule has 15 N–H and O–H groups in total. The monoisotopic (exact) mass is 2060 g/mol. The fraction of sp³-hybridized carbons (Fsp3) is 0.564. The SMILES string of the molecule is CCNC(=O)c1cc(N2CCC(COc3cc(-c4cnn(CCO)c4)cnc3N)CC2)nc(O[C@H](C)COC)n1.N#C[C@@H]1C[C@@H]1COc1nc(C(=O)NC23CC(C2)C3)cc(N2CC[C@H](COc3cncnc3N)[C@@H](F)C2)n1.N#C[C@@H]1C[C@@H]1COc1nc(C(=O)NC23CC(C2)C3)cc(N2CC[C@H](COc3cncnc3N)[C@@H](F)C2)n1.N#C[C@@H]1C[C@@H]1COc1nc(C(=O)NCC2CC2)nc(N2CCC(c3ccc(N)c(C(N)=O)n3)CC2)n1. The van der Waals surface area contributed by atoms with Gasteiger partial charge in [-0.3, -0.25) is 28.7 Å². The lowest BCUT2D eigenvalue weighted by molar-refractivity contribution is -0.0443. The van der Waals surface area contributed by atoms with Gasteiger partial charge in [-0.15, -0.1) is 0 Å². The Morgan fingerprint density at radius 3 is 1.49 bits per heavy atom. The zero-order valence-corrected chi connectivity index (χ0v) is 83.8. The number of amides is 5. The van der Waals surface area contributed by atoms with Gasteiger partial charge in [0.15, 0.2) is 40.4 Å². The molecular weight excluding hydrogens is 1940 g/mol. The van der Waals surface area contributed by atoms with Gasteiger partial charge in [0.2, 0.25) is 11.8 Å². The number of aliphatic hydroxyl groups excluding tert-OH is 1. The fourth-order valence-corrected chi connectivity index (χ4v) is 19.7. The quantitative estimate of drug-likeness (QED) is 0.0193. The van der Waals surface area contributed by atoms with Crippen molar-refractivity contribution in [3.05, 3.63) is 114 Å². The first-order valence-corrected chi connectivity index (χ1v) is 51.2. The Hall–Kier alpha value is -15.5. The van der Waals surface area contributed by atoms with E-state index < -0.39 is 18.3 Å². The lowest BCUT2D eigenvalue weighted by Crippen LogP contribution is -2.68. The molecule has 9 aromatic heterocycles. The molecule has 23 rings (SSSR count). The van der Waals surface area contributed by atoms with Gasteiger partial charge in [-0.1, -0.05) is 0 Å². The molecule has 0 radical (unpaired) electrons. The number of hydrogen-bond donors (Lipinski definition) is 10. The number of nitrogens with one attached hydrogen (secondary N) is 4. The van der Waals surface area contributed by atoms with Gasteiger partial charge in [0.25, 0.3) is 29.5 Å². The molecule has 792 valence electrons. The summed E-state index contributed by atoms with van der Waals surface area (Å²) in [6, 6.07) is 17.4. The van der Waals surface area contributed by atoms with Gasteiger partial charge < -0.3 is 113 Å². The topological polar surface area (TPSA) is 653 Å². The number of piperidine rings is 4. The van der Waals surface area contributed by atoms with Gasteiger partial charge in [-0.05, 0) is 165 Å². The number of methoxy groups -OCH3 is 1. The lowest BCUT2D eigenvalue weighted by atomic mass is 9.50. The minimum Gasteiger partial charge on any atom is -0.489 e. The van der Waals surface area contributed by atoms with Crippen LogP contribution in [0.3, 0.4) is 0 Å². The molecule has 5 amide bonds. The maximum Gasteiger partial charge on any atom is 0.321 e. The number of rotatable bonds is 40. The van der Waals surface area contributed by atoms with Crippen molar-refractivity contribution < 1.29 is 75.8 Å². The Balaban J connectivity index is 0.000000131. The number of anilines is 8. The van der Waals surface area contributed by atoms with E-state index in [9.17, 15) is 24.0 Å². The number of aromatic nitrogens is 17. The number of alkyl halides is 2. The number of nitrogen functional groups attached to an aromatic ring is 4. The average molecular weight is 2060 g/mol. The van der Waals surface area contributed by atoms with Crippen molar-refractivity contribution in [2.24, 2.45) is 76.7 Å². The van der Waals surface area contributed by atoms with Crippen LogP contribution in [0.1, 0.15) is 187 Å². The second-order valence-corrected chi connectivity index (χ2v) is 40.9. The third-order valence-electron chi connectivity index (χ3n) is 29.5. The minimum atomic E-state index is -1.18. The number of halogens is 2. The summed E-state index contributed by atoms with van der Waals surface area (Å²) < 4.78 is 77.9. The van der Waals surface area contributed by atoms with Crippen molar-refractivity contribution in [2.45, 2.75) is 165 Å². The zero-order valence-electron chi connectivity index (χ0n) is 83.8. The number of primary amides is 1. The molecule has 10 aliphatic carbocycles. The van der Waals surface area contributed by atoms with Crippen LogP contribution in [0, 0.1) is 105 Å². The van der Waals surface area contributed by atoms with Gasteiger partial charge in [-0.2, -0.15) is 65.7 Å². The molecule has 10 saturated carbocycles. The predicted octanol–water partition coefficient (Wildman–Crippen LogP) is 6.60. The Morgan fingerprint density at radius 2 is 1.01 bits per heavy atom. The van der Waals surface area contributed by atoms with Crippen molar-refractivity contribution in [1.29, 1.82) is 15.8 Å². The fourth-order valence-electron chi connectivity index (χ4n) is 19.7. The second-order valence-electron chi connectivity index (χ2n) is 40.9. The van der Waals surface area contributed by atoms with Gasteiger partial charge in [0.1, 0.15) is 65.6 Å². The third-order valence-corrected chi connectivity index (χ3v) is 29.5. The highest BCUT2D eigenvalue weighted by Gasteiger charge is 2.59. The summed E-state index contributed by atoms with van der Waals surface area (Å²) in [5, 5.41) is 52.4. The summed E-state index contributed by atoms with van der Waals surface area (Å²) in [5.74, 6) is 4.29. The van der Waals surface area contributed by atoms with Gasteiger partial charge in [0, 0.05) is 153 Å². The Kier molecular flexibility index (Phi) is 32.7. The Labute approximate surface area is 863 Å². The van der Waals surface area contributed by atoms with E-state index in [2.05, 4.69) is 124 Å². The molecule has 4 saturated heterocycles. The van der Waals surface area contributed by atoms with E-state index in [1.807, 2.05) is 46.9 Å².